The first-order chi connectivity index (χ1) is 9.06. The van der Waals surface area contributed by atoms with E-state index >= 15 is 0 Å². The number of hydrazone groups is 1. The SMILES string of the molecule is O=C(N/N=C/[C@H](O)[C@@H](O)[C@H](O)CO)c1ccncc1. The second kappa shape index (κ2) is 7.54. The molecular weight excluding hydrogens is 254 g/mol. The van der Waals surface area contributed by atoms with Crippen LogP contribution in [0.5, 0.6) is 0 Å². The summed E-state index contributed by atoms with van der Waals surface area (Å²) in [7, 11) is 0. The fourth-order valence-electron chi connectivity index (χ4n) is 1.16. The third-order valence-corrected chi connectivity index (χ3v) is 2.27. The van der Waals surface area contributed by atoms with Crippen LogP contribution in [0.2, 0.25) is 0 Å². The van der Waals surface area contributed by atoms with Crippen LogP contribution in [0.15, 0.2) is 29.6 Å². The zero-order valence-corrected chi connectivity index (χ0v) is 9.92. The number of rotatable bonds is 6. The Bertz CT molecular complexity index is 426. The van der Waals surface area contributed by atoms with Crippen molar-refractivity contribution in [3.63, 3.8) is 0 Å². The number of hydrogen-bond donors (Lipinski definition) is 5. The van der Waals surface area contributed by atoms with E-state index < -0.39 is 30.8 Å². The van der Waals surface area contributed by atoms with Crippen LogP contribution in [-0.2, 0) is 0 Å². The van der Waals surface area contributed by atoms with E-state index in [1.165, 1.54) is 24.5 Å². The fraction of sp³-hybridized carbons (Fsp3) is 0.364. The highest BCUT2D eigenvalue weighted by Gasteiger charge is 2.22. The van der Waals surface area contributed by atoms with E-state index in [0.29, 0.717) is 5.56 Å². The molecule has 0 unspecified atom stereocenters. The van der Waals surface area contributed by atoms with Gasteiger partial charge in [-0.25, -0.2) is 5.43 Å². The van der Waals surface area contributed by atoms with Crippen molar-refractivity contribution in [3.8, 4) is 0 Å². The molecule has 0 bridgehead atoms. The highest BCUT2D eigenvalue weighted by Crippen LogP contribution is 1.98. The summed E-state index contributed by atoms with van der Waals surface area (Å²) in [5.41, 5.74) is 2.46. The molecule has 1 heterocycles. The monoisotopic (exact) mass is 269 g/mol. The van der Waals surface area contributed by atoms with Crippen LogP contribution >= 0.6 is 0 Å². The van der Waals surface area contributed by atoms with Gasteiger partial charge in [0.05, 0.1) is 12.8 Å². The molecule has 19 heavy (non-hydrogen) atoms. The number of hydrogen-bond acceptors (Lipinski definition) is 7. The Morgan fingerprint density at radius 3 is 2.58 bits per heavy atom. The minimum absolute atomic E-state index is 0.331. The summed E-state index contributed by atoms with van der Waals surface area (Å²) in [5.74, 6) is -0.511. The van der Waals surface area contributed by atoms with Crippen molar-refractivity contribution in [1.82, 2.24) is 10.4 Å². The van der Waals surface area contributed by atoms with Crippen LogP contribution < -0.4 is 5.43 Å². The first-order valence-corrected chi connectivity index (χ1v) is 5.45. The number of aromatic nitrogens is 1. The summed E-state index contributed by atoms with van der Waals surface area (Å²) in [6, 6.07) is 2.96. The molecule has 0 aliphatic carbocycles. The predicted octanol–water partition coefficient (Wildman–Crippen LogP) is -2.13. The van der Waals surface area contributed by atoms with Crippen molar-refractivity contribution >= 4 is 12.1 Å². The van der Waals surface area contributed by atoms with Gasteiger partial charge in [0.25, 0.3) is 5.91 Å². The van der Waals surface area contributed by atoms with Crippen LogP contribution in [0.4, 0.5) is 0 Å². The summed E-state index contributed by atoms with van der Waals surface area (Å²) < 4.78 is 0. The Morgan fingerprint density at radius 1 is 1.37 bits per heavy atom. The van der Waals surface area contributed by atoms with Gasteiger partial charge in [-0.1, -0.05) is 0 Å². The third-order valence-electron chi connectivity index (χ3n) is 2.27. The van der Waals surface area contributed by atoms with Gasteiger partial charge in [-0.3, -0.25) is 9.78 Å². The van der Waals surface area contributed by atoms with E-state index in [4.69, 9.17) is 10.2 Å². The van der Waals surface area contributed by atoms with Gasteiger partial charge in [0.2, 0.25) is 0 Å². The maximum absolute atomic E-state index is 11.5. The van der Waals surface area contributed by atoms with Gasteiger partial charge < -0.3 is 20.4 Å². The lowest BCUT2D eigenvalue weighted by atomic mass is 10.1. The number of aliphatic hydroxyl groups excluding tert-OH is 4. The Hall–Kier alpha value is -1.87. The second-order valence-corrected chi connectivity index (χ2v) is 3.69. The maximum Gasteiger partial charge on any atom is 0.271 e. The maximum atomic E-state index is 11.5. The predicted molar refractivity (Wildman–Crippen MR) is 65.3 cm³/mol. The van der Waals surface area contributed by atoms with Crippen molar-refractivity contribution < 1.29 is 25.2 Å². The molecule has 5 N–H and O–H groups in total. The number of aliphatic hydroxyl groups is 4. The molecule has 0 aromatic carbocycles. The van der Waals surface area contributed by atoms with Crippen molar-refractivity contribution in [2.75, 3.05) is 6.61 Å². The quantitative estimate of drug-likeness (QED) is 0.296. The zero-order chi connectivity index (χ0) is 14.3. The minimum atomic E-state index is -1.59. The summed E-state index contributed by atoms with van der Waals surface area (Å²) in [5, 5.41) is 39.7. The van der Waals surface area contributed by atoms with E-state index in [0.717, 1.165) is 6.21 Å². The van der Waals surface area contributed by atoms with Crippen LogP contribution in [0.1, 0.15) is 10.4 Å². The van der Waals surface area contributed by atoms with Gasteiger partial charge in [0, 0.05) is 18.0 Å². The van der Waals surface area contributed by atoms with Crippen LogP contribution in [0.3, 0.4) is 0 Å². The zero-order valence-electron chi connectivity index (χ0n) is 9.92. The Balaban J connectivity index is 2.48. The molecule has 8 nitrogen and oxygen atoms in total. The van der Waals surface area contributed by atoms with Crippen molar-refractivity contribution in [2.45, 2.75) is 18.3 Å². The van der Waals surface area contributed by atoms with Gasteiger partial charge in [0.1, 0.15) is 18.3 Å². The van der Waals surface area contributed by atoms with Gasteiger partial charge in [0.15, 0.2) is 0 Å². The third kappa shape index (κ3) is 4.72. The van der Waals surface area contributed by atoms with Crippen molar-refractivity contribution in [2.24, 2.45) is 5.10 Å². The first kappa shape index (κ1) is 15.2. The molecular formula is C11H15N3O5. The van der Waals surface area contributed by atoms with E-state index in [2.05, 4.69) is 15.5 Å². The van der Waals surface area contributed by atoms with Gasteiger partial charge in [-0.15, -0.1) is 0 Å². The average molecular weight is 269 g/mol. The first-order valence-electron chi connectivity index (χ1n) is 5.45. The van der Waals surface area contributed by atoms with Gasteiger partial charge >= 0.3 is 0 Å². The van der Waals surface area contributed by atoms with Crippen LogP contribution in [0.25, 0.3) is 0 Å². The van der Waals surface area contributed by atoms with E-state index in [9.17, 15) is 15.0 Å². The number of carbonyl (C=O) groups excluding carboxylic acids is 1. The molecule has 8 heteroatoms. The van der Waals surface area contributed by atoms with Crippen molar-refractivity contribution in [1.29, 1.82) is 0 Å². The average Bonchev–Trinajstić information content (AvgIpc) is 2.46. The van der Waals surface area contributed by atoms with Gasteiger partial charge in [-0.2, -0.15) is 5.10 Å². The number of carbonyl (C=O) groups is 1. The molecule has 1 aromatic heterocycles. The Morgan fingerprint density at radius 2 is 2.00 bits per heavy atom. The molecule has 0 aliphatic rings. The smallest absolute Gasteiger partial charge is 0.271 e. The number of nitrogens with zero attached hydrogens (tertiary/aromatic N) is 2. The Labute approximate surface area is 109 Å². The van der Waals surface area contributed by atoms with Gasteiger partial charge in [-0.05, 0) is 12.1 Å². The molecule has 0 radical (unpaired) electrons. The molecule has 1 amide bonds. The summed E-state index contributed by atoms with van der Waals surface area (Å²) >= 11 is 0. The molecule has 0 aliphatic heterocycles. The summed E-state index contributed by atoms with van der Waals surface area (Å²) in [6.45, 7) is -0.699. The second-order valence-electron chi connectivity index (χ2n) is 3.69. The molecule has 0 saturated heterocycles. The topological polar surface area (TPSA) is 135 Å². The minimum Gasteiger partial charge on any atom is -0.394 e. The molecule has 0 spiro atoms. The molecule has 0 saturated carbocycles. The summed E-state index contributed by atoms with van der Waals surface area (Å²) in [4.78, 5) is 15.2. The normalized spacial score (nSPS) is 16.0. The van der Waals surface area contributed by atoms with Crippen molar-refractivity contribution in [3.05, 3.63) is 30.1 Å². The highest BCUT2D eigenvalue weighted by atomic mass is 16.4. The van der Waals surface area contributed by atoms with E-state index in [1.807, 2.05) is 0 Å². The molecule has 0 fully saturated rings. The number of nitrogens with one attached hydrogen (secondary N) is 1. The fourth-order valence-corrected chi connectivity index (χ4v) is 1.16. The molecule has 1 aromatic rings. The standard InChI is InChI=1S/C11H15N3O5/c15-6-9(17)10(18)8(16)5-13-14-11(19)7-1-3-12-4-2-7/h1-5,8-10,15-18H,6H2,(H,14,19)/b13-5+/t8-,9+,10+/m0/s1. The van der Waals surface area contributed by atoms with E-state index in [-0.39, 0.29) is 0 Å². The summed E-state index contributed by atoms with van der Waals surface area (Å²) in [6.07, 6.45) is -0.865. The molecule has 3 atom stereocenters. The lowest BCUT2D eigenvalue weighted by molar-refractivity contribution is -0.0542. The molecule has 1 rings (SSSR count). The van der Waals surface area contributed by atoms with E-state index in [1.54, 1.807) is 0 Å². The molecule has 104 valence electrons. The lowest BCUT2D eigenvalue weighted by Gasteiger charge is -2.17. The van der Waals surface area contributed by atoms with Crippen LogP contribution in [-0.4, -0.2) is 62.5 Å². The number of amides is 1. The number of pyridine rings is 1. The van der Waals surface area contributed by atoms with Crippen LogP contribution in [0, 0.1) is 0 Å². The highest BCUT2D eigenvalue weighted by molar-refractivity contribution is 5.94. The Kier molecular flexibility index (Phi) is 6.03. The lowest BCUT2D eigenvalue weighted by Crippen LogP contribution is -2.40. The largest absolute Gasteiger partial charge is 0.394 e.